The van der Waals surface area contributed by atoms with Gasteiger partial charge >= 0.3 is 5.97 Å². The zero-order chi connectivity index (χ0) is 15.1. The number of hydrogen-bond acceptors (Lipinski definition) is 4. The van der Waals surface area contributed by atoms with Gasteiger partial charge in [0.05, 0.1) is 14.2 Å². The number of carbonyl (C=O) groups is 1. The maximum atomic E-state index is 11.9. The summed E-state index contributed by atoms with van der Waals surface area (Å²) in [7, 11) is 3.03. The third kappa shape index (κ3) is 4.07. The molecule has 1 unspecified atom stereocenters. The quantitative estimate of drug-likeness (QED) is 0.829. The lowest BCUT2D eigenvalue weighted by Gasteiger charge is -2.17. The lowest BCUT2D eigenvalue weighted by atomic mass is 10.1. The Hall–Kier alpha value is -2.33. The molecule has 0 saturated carbocycles. The third-order valence-electron chi connectivity index (χ3n) is 3.21. The molecular formula is C17H19NO3. The molecule has 0 spiro atoms. The zero-order valence-electron chi connectivity index (χ0n) is 12.2. The van der Waals surface area contributed by atoms with Crippen LogP contribution in [0.2, 0.25) is 0 Å². The molecular weight excluding hydrogens is 266 g/mol. The van der Waals surface area contributed by atoms with E-state index in [0.717, 1.165) is 16.9 Å². The lowest BCUT2D eigenvalue weighted by Crippen LogP contribution is -2.29. The van der Waals surface area contributed by atoms with Crippen LogP contribution in [0.15, 0.2) is 54.6 Å². The van der Waals surface area contributed by atoms with E-state index in [-0.39, 0.29) is 5.97 Å². The number of hydrogen-bond donors (Lipinski definition) is 1. The number of carbonyl (C=O) groups excluding carboxylic acids is 1. The van der Waals surface area contributed by atoms with Crippen molar-refractivity contribution in [2.75, 3.05) is 14.2 Å². The molecule has 2 aromatic rings. The summed E-state index contributed by atoms with van der Waals surface area (Å²) in [6.45, 7) is 0.547. The molecule has 110 valence electrons. The molecule has 2 rings (SSSR count). The fraction of sp³-hybridized carbons (Fsp3) is 0.235. The van der Waals surface area contributed by atoms with Crippen LogP contribution in [0, 0.1) is 0 Å². The van der Waals surface area contributed by atoms with Gasteiger partial charge < -0.3 is 9.47 Å². The highest BCUT2D eigenvalue weighted by atomic mass is 16.5. The van der Waals surface area contributed by atoms with Gasteiger partial charge in [0.2, 0.25) is 0 Å². The number of nitrogens with one attached hydrogen (secondary N) is 1. The Labute approximate surface area is 124 Å². The van der Waals surface area contributed by atoms with Gasteiger partial charge in [0.25, 0.3) is 0 Å². The molecule has 4 heteroatoms. The fourth-order valence-electron chi connectivity index (χ4n) is 2.10. The van der Waals surface area contributed by atoms with Gasteiger partial charge in [-0.15, -0.1) is 0 Å². The van der Waals surface area contributed by atoms with E-state index in [1.807, 2.05) is 54.6 Å². The van der Waals surface area contributed by atoms with E-state index in [1.165, 1.54) is 7.11 Å². The summed E-state index contributed by atoms with van der Waals surface area (Å²) in [6.07, 6.45) is 0. The van der Waals surface area contributed by atoms with Gasteiger partial charge in [-0.05, 0) is 23.3 Å². The van der Waals surface area contributed by atoms with Crippen LogP contribution in [0.3, 0.4) is 0 Å². The van der Waals surface area contributed by atoms with Crippen LogP contribution in [0.5, 0.6) is 5.75 Å². The van der Waals surface area contributed by atoms with Crippen LogP contribution in [0.25, 0.3) is 0 Å². The highest BCUT2D eigenvalue weighted by molar-refractivity contribution is 5.77. The summed E-state index contributed by atoms with van der Waals surface area (Å²) < 4.78 is 10.1. The van der Waals surface area contributed by atoms with Crippen LogP contribution in [-0.4, -0.2) is 20.2 Å². The Morgan fingerprint density at radius 2 is 1.86 bits per heavy atom. The van der Waals surface area contributed by atoms with Gasteiger partial charge in [0, 0.05) is 6.54 Å². The molecule has 1 N–H and O–H groups in total. The SMILES string of the molecule is COC(=O)C(NCc1cccc(OC)c1)c1ccccc1. The molecule has 0 saturated heterocycles. The van der Waals surface area contributed by atoms with Crippen molar-refractivity contribution < 1.29 is 14.3 Å². The molecule has 0 radical (unpaired) electrons. The summed E-state index contributed by atoms with van der Waals surface area (Å²) in [5.74, 6) is 0.493. The highest BCUT2D eigenvalue weighted by Crippen LogP contribution is 2.17. The van der Waals surface area contributed by atoms with Crippen molar-refractivity contribution in [3.8, 4) is 5.75 Å². The minimum atomic E-state index is -0.484. The first-order chi connectivity index (χ1) is 10.2. The van der Waals surface area contributed by atoms with Crippen molar-refractivity contribution >= 4 is 5.97 Å². The average molecular weight is 285 g/mol. The molecule has 0 aliphatic carbocycles. The second kappa shape index (κ2) is 7.45. The standard InChI is InChI=1S/C17H19NO3/c1-20-15-10-6-7-13(11-15)12-18-16(17(19)21-2)14-8-4-3-5-9-14/h3-11,16,18H,12H2,1-2H3. The minimum Gasteiger partial charge on any atom is -0.497 e. The van der Waals surface area contributed by atoms with Crippen molar-refractivity contribution in [3.05, 3.63) is 65.7 Å². The summed E-state index contributed by atoms with van der Waals surface area (Å²) in [5.41, 5.74) is 1.92. The van der Waals surface area contributed by atoms with E-state index in [1.54, 1.807) is 7.11 Å². The summed E-state index contributed by atoms with van der Waals surface area (Å²) in [5, 5.41) is 3.22. The summed E-state index contributed by atoms with van der Waals surface area (Å²) >= 11 is 0. The molecule has 4 nitrogen and oxygen atoms in total. The Morgan fingerprint density at radius 3 is 2.52 bits per heavy atom. The highest BCUT2D eigenvalue weighted by Gasteiger charge is 2.20. The molecule has 0 aromatic heterocycles. The van der Waals surface area contributed by atoms with E-state index in [2.05, 4.69) is 5.32 Å². The van der Waals surface area contributed by atoms with Crippen molar-refractivity contribution in [1.82, 2.24) is 5.32 Å². The monoisotopic (exact) mass is 285 g/mol. The Balaban J connectivity index is 2.11. The number of methoxy groups -OCH3 is 2. The van der Waals surface area contributed by atoms with Crippen molar-refractivity contribution in [3.63, 3.8) is 0 Å². The summed E-state index contributed by atoms with van der Waals surface area (Å²) in [6, 6.07) is 16.8. The largest absolute Gasteiger partial charge is 0.497 e. The van der Waals surface area contributed by atoms with Crippen LogP contribution in [0.4, 0.5) is 0 Å². The topological polar surface area (TPSA) is 47.6 Å². The van der Waals surface area contributed by atoms with Gasteiger partial charge in [-0.1, -0.05) is 42.5 Å². The van der Waals surface area contributed by atoms with Gasteiger partial charge in [-0.25, -0.2) is 4.79 Å². The zero-order valence-corrected chi connectivity index (χ0v) is 12.2. The first-order valence-electron chi connectivity index (χ1n) is 6.73. The first-order valence-corrected chi connectivity index (χ1v) is 6.73. The average Bonchev–Trinajstić information content (AvgIpc) is 2.56. The fourth-order valence-corrected chi connectivity index (χ4v) is 2.10. The molecule has 0 fully saturated rings. The summed E-state index contributed by atoms with van der Waals surface area (Å²) in [4.78, 5) is 11.9. The van der Waals surface area contributed by atoms with Gasteiger partial charge in [0.15, 0.2) is 0 Å². The van der Waals surface area contributed by atoms with Crippen molar-refractivity contribution in [1.29, 1.82) is 0 Å². The Bertz CT molecular complexity index is 584. The van der Waals surface area contributed by atoms with Gasteiger partial charge in [0.1, 0.15) is 11.8 Å². The predicted molar refractivity (Wildman–Crippen MR) is 81.0 cm³/mol. The van der Waals surface area contributed by atoms with Crippen molar-refractivity contribution in [2.24, 2.45) is 0 Å². The third-order valence-corrected chi connectivity index (χ3v) is 3.21. The van der Waals surface area contributed by atoms with Gasteiger partial charge in [-0.2, -0.15) is 0 Å². The van der Waals surface area contributed by atoms with E-state index >= 15 is 0 Å². The van der Waals surface area contributed by atoms with E-state index in [9.17, 15) is 4.79 Å². The van der Waals surface area contributed by atoms with E-state index < -0.39 is 6.04 Å². The molecule has 0 bridgehead atoms. The van der Waals surface area contributed by atoms with Crippen LogP contribution < -0.4 is 10.1 Å². The maximum Gasteiger partial charge on any atom is 0.327 e. The van der Waals surface area contributed by atoms with Crippen LogP contribution in [-0.2, 0) is 16.1 Å². The molecule has 2 aromatic carbocycles. The van der Waals surface area contributed by atoms with Gasteiger partial charge in [-0.3, -0.25) is 5.32 Å². The molecule has 21 heavy (non-hydrogen) atoms. The lowest BCUT2D eigenvalue weighted by molar-refractivity contribution is -0.143. The normalized spacial score (nSPS) is 11.7. The predicted octanol–water partition coefficient (Wildman–Crippen LogP) is 2.70. The smallest absolute Gasteiger partial charge is 0.327 e. The molecule has 0 heterocycles. The minimum absolute atomic E-state index is 0.302. The Kier molecular flexibility index (Phi) is 5.35. The van der Waals surface area contributed by atoms with Crippen LogP contribution >= 0.6 is 0 Å². The number of rotatable bonds is 6. The first kappa shape index (κ1) is 15.1. The van der Waals surface area contributed by atoms with E-state index in [4.69, 9.17) is 9.47 Å². The molecule has 0 aliphatic heterocycles. The second-order valence-corrected chi connectivity index (χ2v) is 4.60. The van der Waals surface area contributed by atoms with Crippen molar-refractivity contribution in [2.45, 2.75) is 12.6 Å². The maximum absolute atomic E-state index is 11.9. The Morgan fingerprint density at radius 1 is 1.10 bits per heavy atom. The molecule has 0 amide bonds. The number of benzene rings is 2. The number of ether oxygens (including phenoxy) is 2. The van der Waals surface area contributed by atoms with Crippen LogP contribution in [0.1, 0.15) is 17.2 Å². The van der Waals surface area contributed by atoms with E-state index in [0.29, 0.717) is 6.54 Å². The molecule has 1 atom stereocenters. The molecule has 0 aliphatic rings. The number of esters is 1. The second-order valence-electron chi connectivity index (χ2n) is 4.60.